The van der Waals surface area contributed by atoms with Crippen LogP contribution in [0.1, 0.15) is 36.3 Å². The van der Waals surface area contributed by atoms with Crippen molar-refractivity contribution in [2.75, 3.05) is 32.8 Å². The van der Waals surface area contributed by atoms with E-state index in [0.29, 0.717) is 24.8 Å². The molecule has 0 spiro atoms. The number of nitrogens with zero attached hydrogens (tertiary/aromatic N) is 4. The van der Waals surface area contributed by atoms with Gasteiger partial charge in [0.2, 0.25) is 0 Å². The molecule has 1 aromatic heterocycles. The maximum atomic E-state index is 12.3. The van der Waals surface area contributed by atoms with Gasteiger partial charge in [-0.15, -0.1) is 5.10 Å². The SMILES string of the molecule is CCCCN(CCO)C(=O)c1cn(C2CNC2)nn1. The molecule has 0 aromatic carbocycles. The average Bonchev–Trinajstić information content (AvgIpc) is 2.80. The highest BCUT2D eigenvalue weighted by Gasteiger charge is 2.23. The molecule has 2 heterocycles. The van der Waals surface area contributed by atoms with E-state index in [4.69, 9.17) is 5.11 Å². The molecule has 0 unspecified atom stereocenters. The second kappa shape index (κ2) is 6.63. The summed E-state index contributed by atoms with van der Waals surface area (Å²) in [6.45, 7) is 4.77. The lowest BCUT2D eigenvalue weighted by Crippen LogP contribution is -2.43. The summed E-state index contributed by atoms with van der Waals surface area (Å²) in [5.41, 5.74) is 0.358. The maximum absolute atomic E-state index is 12.3. The van der Waals surface area contributed by atoms with Crippen molar-refractivity contribution in [3.63, 3.8) is 0 Å². The topological polar surface area (TPSA) is 83.3 Å². The van der Waals surface area contributed by atoms with E-state index in [2.05, 4.69) is 22.6 Å². The Kier molecular flexibility index (Phi) is 4.86. The first kappa shape index (κ1) is 14.0. The number of aromatic nitrogens is 3. The molecule has 1 aliphatic heterocycles. The first-order chi connectivity index (χ1) is 9.26. The van der Waals surface area contributed by atoms with Crippen LogP contribution in [0.2, 0.25) is 0 Å². The van der Waals surface area contributed by atoms with Gasteiger partial charge in [-0.05, 0) is 6.42 Å². The van der Waals surface area contributed by atoms with Crippen LogP contribution >= 0.6 is 0 Å². The van der Waals surface area contributed by atoms with Gasteiger partial charge in [0.05, 0.1) is 18.8 Å². The average molecular weight is 267 g/mol. The maximum Gasteiger partial charge on any atom is 0.276 e. The molecule has 1 amide bonds. The Morgan fingerprint density at radius 2 is 2.37 bits per heavy atom. The first-order valence-corrected chi connectivity index (χ1v) is 6.79. The van der Waals surface area contributed by atoms with Crippen LogP contribution in [0, 0.1) is 0 Å². The molecule has 106 valence electrons. The number of unbranched alkanes of at least 4 members (excludes halogenated alkanes) is 1. The molecule has 1 aliphatic rings. The van der Waals surface area contributed by atoms with Crippen LogP contribution in [0.5, 0.6) is 0 Å². The molecular formula is C12H21N5O2. The molecule has 19 heavy (non-hydrogen) atoms. The van der Waals surface area contributed by atoms with E-state index < -0.39 is 0 Å². The normalized spacial score (nSPS) is 15.3. The van der Waals surface area contributed by atoms with E-state index in [1.807, 2.05) is 0 Å². The lowest BCUT2D eigenvalue weighted by molar-refractivity contribution is 0.0713. The number of aliphatic hydroxyl groups excluding tert-OH is 1. The Hall–Kier alpha value is -1.47. The second-order valence-electron chi connectivity index (χ2n) is 4.77. The molecule has 1 aromatic rings. The molecule has 2 rings (SSSR count). The van der Waals surface area contributed by atoms with Crippen LogP contribution in [0.3, 0.4) is 0 Å². The number of aliphatic hydroxyl groups is 1. The molecule has 7 heteroatoms. The van der Waals surface area contributed by atoms with Crippen molar-refractivity contribution in [1.29, 1.82) is 0 Å². The van der Waals surface area contributed by atoms with E-state index in [1.54, 1.807) is 15.8 Å². The van der Waals surface area contributed by atoms with Gasteiger partial charge in [0.15, 0.2) is 5.69 Å². The summed E-state index contributed by atoms with van der Waals surface area (Å²) in [5, 5.41) is 20.1. The van der Waals surface area contributed by atoms with E-state index >= 15 is 0 Å². The molecule has 0 radical (unpaired) electrons. The Bertz CT molecular complexity index is 416. The van der Waals surface area contributed by atoms with Gasteiger partial charge in [-0.3, -0.25) is 4.79 Å². The van der Waals surface area contributed by atoms with Gasteiger partial charge in [-0.1, -0.05) is 18.6 Å². The van der Waals surface area contributed by atoms with Gasteiger partial charge in [0.25, 0.3) is 5.91 Å². The summed E-state index contributed by atoms with van der Waals surface area (Å²) in [6, 6.07) is 0.302. The van der Waals surface area contributed by atoms with Crippen LogP contribution in [0.4, 0.5) is 0 Å². The number of hydrogen-bond acceptors (Lipinski definition) is 5. The Labute approximate surface area is 112 Å². The lowest BCUT2D eigenvalue weighted by atomic mass is 10.2. The van der Waals surface area contributed by atoms with Crippen LogP contribution in [-0.4, -0.2) is 63.7 Å². The first-order valence-electron chi connectivity index (χ1n) is 6.79. The molecule has 0 aliphatic carbocycles. The van der Waals surface area contributed by atoms with Crippen molar-refractivity contribution in [2.45, 2.75) is 25.8 Å². The number of carbonyl (C=O) groups excluding carboxylic acids is 1. The van der Waals surface area contributed by atoms with Gasteiger partial charge in [-0.25, -0.2) is 4.68 Å². The number of amides is 1. The van der Waals surface area contributed by atoms with Gasteiger partial charge >= 0.3 is 0 Å². The van der Waals surface area contributed by atoms with Crippen LogP contribution in [0.15, 0.2) is 6.20 Å². The lowest BCUT2D eigenvalue weighted by Gasteiger charge is -2.26. The predicted molar refractivity (Wildman–Crippen MR) is 69.8 cm³/mol. The van der Waals surface area contributed by atoms with E-state index in [-0.39, 0.29) is 12.5 Å². The molecule has 7 nitrogen and oxygen atoms in total. The monoisotopic (exact) mass is 267 g/mol. The Morgan fingerprint density at radius 1 is 1.58 bits per heavy atom. The summed E-state index contributed by atoms with van der Waals surface area (Å²) < 4.78 is 1.74. The minimum Gasteiger partial charge on any atom is -0.395 e. The zero-order valence-corrected chi connectivity index (χ0v) is 11.2. The van der Waals surface area contributed by atoms with E-state index in [0.717, 1.165) is 25.9 Å². The van der Waals surface area contributed by atoms with Crippen LogP contribution < -0.4 is 5.32 Å². The number of rotatable bonds is 7. The summed E-state index contributed by atoms with van der Waals surface area (Å²) >= 11 is 0. The summed E-state index contributed by atoms with van der Waals surface area (Å²) in [4.78, 5) is 13.9. The third-order valence-electron chi connectivity index (χ3n) is 3.30. The predicted octanol–water partition coefficient (Wildman–Crippen LogP) is -0.343. The third-order valence-corrected chi connectivity index (χ3v) is 3.30. The van der Waals surface area contributed by atoms with Gasteiger partial charge in [0, 0.05) is 26.2 Å². The van der Waals surface area contributed by atoms with E-state index in [1.165, 1.54) is 0 Å². The highest BCUT2D eigenvalue weighted by molar-refractivity contribution is 5.91. The van der Waals surface area contributed by atoms with Gasteiger partial charge in [0.1, 0.15) is 0 Å². The zero-order valence-electron chi connectivity index (χ0n) is 11.2. The van der Waals surface area contributed by atoms with Gasteiger partial charge in [-0.2, -0.15) is 0 Å². The van der Waals surface area contributed by atoms with E-state index in [9.17, 15) is 4.79 Å². The number of carbonyl (C=O) groups is 1. The summed E-state index contributed by atoms with van der Waals surface area (Å²) in [7, 11) is 0. The van der Waals surface area contributed by atoms with Crippen molar-refractivity contribution in [1.82, 2.24) is 25.2 Å². The fourth-order valence-electron chi connectivity index (χ4n) is 1.96. The van der Waals surface area contributed by atoms with Crippen LogP contribution in [0.25, 0.3) is 0 Å². The Morgan fingerprint density at radius 3 is 2.95 bits per heavy atom. The molecular weight excluding hydrogens is 246 g/mol. The smallest absolute Gasteiger partial charge is 0.276 e. The summed E-state index contributed by atoms with van der Waals surface area (Å²) in [6.07, 6.45) is 3.63. The second-order valence-corrected chi connectivity index (χ2v) is 4.77. The Balaban J connectivity index is 2.00. The summed E-state index contributed by atoms with van der Waals surface area (Å²) in [5.74, 6) is -0.152. The highest BCUT2D eigenvalue weighted by atomic mass is 16.3. The van der Waals surface area contributed by atoms with Gasteiger partial charge < -0.3 is 15.3 Å². The molecule has 0 bridgehead atoms. The molecule has 2 N–H and O–H groups in total. The molecule has 1 saturated heterocycles. The molecule has 1 fully saturated rings. The van der Waals surface area contributed by atoms with Crippen LogP contribution in [-0.2, 0) is 0 Å². The zero-order chi connectivity index (χ0) is 13.7. The standard InChI is InChI=1S/C12H21N5O2/c1-2-3-4-16(5-6-18)12(19)11-9-17(15-14-11)10-7-13-8-10/h9-10,13,18H,2-8H2,1H3. The van der Waals surface area contributed by atoms with Crippen molar-refractivity contribution >= 4 is 5.91 Å². The van der Waals surface area contributed by atoms with Crippen molar-refractivity contribution < 1.29 is 9.90 Å². The van der Waals surface area contributed by atoms with Crippen molar-refractivity contribution in [2.24, 2.45) is 0 Å². The van der Waals surface area contributed by atoms with Crippen molar-refractivity contribution in [3.05, 3.63) is 11.9 Å². The fraction of sp³-hybridized carbons (Fsp3) is 0.750. The third kappa shape index (κ3) is 3.30. The van der Waals surface area contributed by atoms with Crippen molar-refractivity contribution in [3.8, 4) is 0 Å². The highest BCUT2D eigenvalue weighted by Crippen LogP contribution is 2.11. The quantitative estimate of drug-likeness (QED) is 0.706. The minimum atomic E-state index is -0.152. The molecule has 0 saturated carbocycles. The minimum absolute atomic E-state index is 0.0316. The largest absolute Gasteiger partial charge is 0.395 e. The molecule has 0 atom stereocenters. The number of hydrogen-bond donors (Lipinski definition) is 2. The number of nitrogens with one attached hydrogen (secondary N) is 1. The fourth-order valence-corrected chi connectivity index (χ4v) is 1.96.